The number of halogens is 1. The van der Waals surface area contributed by atoms with Crippen LogP contribution in [0.2, 0.25) is 0 Å². The second-order valence-corrected chi connectivity index (χ2v) is 5.57. The van der Waals surface area contributed by atoms with E-state index in [1.54, 1.807) is 24.7 Å². The van der Waals surface area contributed by atoms with Crippen LogP contribution >= 0.6 is 15.9 Å². The number of amides is 1. The van der Waals surface area contributed by atoms with Gasteiger partial charge in [0.1, 0.15) is 5.82 Å². The van der Waals surface area contributed by atoms with Crippen LogP contribution in [0.25, 0.3) is 0 Å². The van der Waals surface area contributed by atoms with Crippen LogP contribution in [0, 0.1) is 0 Å². The Morgan fingerprint density at radius 2 is 2.20 bits per heavy atom. The van der Waals surface area contributed by atoms with Crippen molar-refractivity contribution >= 4 is 27.7 Å². The molecule has 0 atom stereocenters. The normalized spacial score (nSPS) is 14.8. The highest BCUT2D eigenvalue weighted by Crippen LogP contribution is 2.18. The third-order valence-corrected chi connectivity index (χ3v) is 3.59. The van der Waals surface area contributed by atoms with Crippen molar-refractivity contribution in [1.82, 2.24) is 15.3 Å². The Bertz CT molecular complexity index is 614. The number of anilines is 1. The van der Waals surface area contributed by atoms with Crippen molar-refractivity contribution < 1.29 is 4.79 Å². The molecule has 1 fully saturated rings. The topological polar surface area (TPSA) is 58.1 Å². The van der Waals surface area contributed by atoms with Gasteiger partial charge in [-0.2, -0.15) is 0 Å². The Balaban J connectivity index is 1.55. The number of rotatable bonds is 3. The second-order valence-electron chi connectivity index (χ2n) is 4.66. The van der Waals surface area contributed by atoms with E-state index in [-0.39, 0.29) is 11.9 Å². The first-order chi connectivity index (χ1) is 9.72. The molecule has 2 aromatic heterocycles. The molecule has 0 aliphatic carbocycles. The maximum Gasteiger partial charge on any atom is 0.253 e. The number of pyridine rings is 2. The number of nitrogens with zero attached hydrogens (tertiary/aromatic N) is 3. The fraction of sp³-hybridized carbons (Fsp3) is 0.214. The molecule has 1 amide bonds. The van der Waals surface area contributed by atoms with Crippen LogP contribution in [0.15, 0.2) is 47.3 Å². The molecule has 0 saturated carbocycles. The predicted octanol–water partition coefficient (Wildman–Crippen LogP) is 1.86. The average molecular weight is 333 g/mol. The first-order valence-corrected chi connectivity index (χ1v) is 7.09. The molecule has 0 aromatic carbocycles. The molecular formula is C14H13BrN4O. The molecule has 6 heteroatoms. The van der Waals surface area contributed by atoms with Crippen molar-refractivity contribution in [3.63, 3.8) is 0 Å². The van der Waals surface area contributed by atoms with Crippen LogP contribution in [0.4, 0.5) is 5.82 Å². The lowest BCUT2D eigenvalue weighted by atomic mass is 10.1. The van der Waals surface area contributed by atoms with E-state index >= 15 is 0 Å². The van der Waals surface area contributed by atoms with Gasteiger partial charge in [0.05, 0.1) is 11.6 Å². The molecule has 0 bridgehead atoms. The lowest BCUT2D eigenvalue weighted by Gasteiger charge is -2.40. The highest BCUT2D eigenvalue weighted by molar-refractivity contribution is 9.10. The Kier molecular flexibility index (Phi) is 3.64. The summed E-state index contributed by atoms with van der Waals surface area (Å²) in [6, 6.07) is 7.74. The summed E-state index contributed by atoms with van der Waals surface area (Å²) in [7, 11) is 0. The van der Waals surface area contributed by atoms with Crippen molar-refractivity contribution in [3.8, 4) is 0 Å². The quantitative estimate of drug-likeness (QED) is 0.932. The molecule has 1 saturated heterocycles. The van der Waals surface area contributed by atoms with Crippen LogP contribution in [0.5, 0.6) is 0 Å². The third-order valence-electron chi connectivity index (χ3n) is 3.16. The highest BCUT2D eigenvalue weighted by atomic mass is 79.9. The third kappa shape index (κ3) is 2.80. The van der Waals surface area contributed by atoms with E-state index in [2.05, 4.69) is 36.1 Å². The number of hydrogen-bond acceptors (Lipinski definition) is 4. The number of carbonyl (C=O) groups excluding carboxylic acids is 1. The smallest absolute Gasteiger partial charge is 0.253 e. The van der Waals surface area contributed by atoms with Gasteiger partial charge in [0, 0.05) is 36.2 Å². The molecule has 102 valence electrons. The van der Waals surface area contributed by atoms with Gasteiger partial charge in [0.25, 0.3) is 5.91 Å². The lowest BCUT2D eigenvalue weighted by Crippen LogP contribution is -2.59. The molecule has 1 aliphatic rings. The molecule has 3 rings (SSSR count). The lowest BCUT2D eigenvalue weighted by molar-refractivity contribution is 0.0929. The van der Waals surface area contributed by atoms with Crippen molar-refractivity contribution in [3.05, 3.63) is 52.9 Å². The highest BCUT2D eigenvalue weighted by Gasteiger charge is 2.29. The van der Waals surface area contributed by atoms with Gasteiger partial charge in [0.15, 0.2) is 0 Å². The Morgan fingerprint density at radius 1 is 1.35 bits per heavy atom. The van der Waals surface area contributed by atoms with Crippen LogP contribution < -0.4 is 10.2 Å². The summed E-state index contributed by atoms with van der Waals surface area (Å²) in [6.45, 7) is 1.56. The van der Waals surface area contributed by atoms with E-state index in [9.17, 15) is 4.79 Å². The van der Waals surface area contributed by atoms with Gasteiger partial charge in [-0.3, -0.25) is 9.78 Å². The van der Waals surface area contributed by atoms with E-state index < -0.39 is 0 Å². The van der Waals surface area contributed by atoms with Crippen molar-refractivity contribution in [1.29, 1.82) is 0 Å². The van der Waals surface area contributed by atoms with Crippen LogP contribution in [0.3, 0.4) is 0 Å². The summed E-state index contributed by atoms with van der Waals surface area (Å²) in [5, 5.41) is 2.99. The van der Waals surface area contributed by atoms with E-state index in [0.717, 1.165) is 23.4 Å². The molecule has 2 aromatic rings. The van der Waals surface area contributed by atoms with Gasteiger partial charge in [-0.25, -0.2) is 4.98 Å². The predicted molar refractivity (Wildman–Crippen MR) is 79.6 cm³/mol. The fourth-order valence-electron chi connectivity index (χ4n) is 2.10. The molecule has 20 heavy (non-hydrogen) atoms. The molecular weight excluding hydrogens is 320 g/mol. The molecule has 1 aliphatic heterocycles. The van der Waals surface area contributed by atoms with Crippen molar-refractivity contribution in [2.24, 2.45) is 0 Å². The SMILES string of the molecule is O=C(NC1CN(c2ccccn2)C1)c1cncc(Br)c1. The van der Waals surface area contributed by atoms with Crippen LogP contribution in [0.1, 0.15) is 10.4 Å². The first kappa shape index (κ1) is 13.1. The maximum atomic E-state index is 12.0. The van der Waals surface area contributed by atoms with E-state index in [4.69, 9.17) is 0 Å². The first-order valence-electron chi connectivity index (χ1n) is 6.30. The zero-order chi connectivity index (χ0) is 13.9. The Labute approximate surface area is 125 Å². The second kappa shape index (κ2) is 5.58. The van der Waals surface area contributed by atoms with Crippen LogP contribution in [-0.2, 0) is 0 Å². The van der Waals surface area contributed by atoms with E-state index in [1.165, 1.54) is 0 Å². The van der Waals surface area contributed by atoms with Crippen LogP contribution in [-0.4, -0.2) is 35.0 Å². The molecule has 1 N–H and O–H groups in total. The largest absolute Gasteiger partial charge is 0.352 e. The Morgan fingerprint density at radius 3 is 2.90 bits per heavy atom. The summed E-state index contributed by atoms with van der Waals surface area (Å²) >= 11 is 3.31. The summed E-state index contributed by atoms with van der Waals surface area (Å²) in [6.07, 6.45) is 4.99. The number of carbonyl (C=O) groups is 1. The summed E-state index contributed by atoms with van der Waals surface area (Å²) in [4.78, 5) is 22.4. The minimum Gasteiger partial charge on any atom is -0.352 e. The number of nitrogens with one attached hydrogen (secondary N) is 1. The summed E-state index contributed by atoms with van der Waals surface area (Å²) in [5.74, 6) is 0.853. The van der Waals surface area contributed by atoms with Gasteiger partial charge in [-0.1, -0.05) is 6.07 Å². The summed E-state index contributed by atoms with van der Waals surface area (Å²) < 4.78 is 0.800. The zero-order valence-electron chi connectivity index (χ0n) is 10.7. The molecule has 0 radical (unpaired) electrons. The fourth-order valence-corrected chi connectivity index (χ4v) is 2.47. The van der Waals surface area contributed by atoms with Gasteiger partial charge >= 0.3 is 0 Å². The molecule has 5 nitrogen and oxygen atoms in total. The van der Waals surface area contributed by atoms with Crippen molar-refractivity contribution in [2.75, 3.05) is 18.0 Å². The zero-order valence-corrected chi connectivity index (χ0v) is 12.2. The molecule has 3 heterocycles. The average Bonchev–Trinajstić information content (AvgIpc) is 2.43. The van der Waals surface area contributed by atoms with E-state index in [1.807, 2.05) is 18.2 Å². The van der Waals surface area contributed by atoms with Gasteiger partial charge in [-0.05, 0) is 34.1 Å². The van der Waals surface area contributed by atoms with Gasteiger partial charge < -0.3 is 10.2 Å². The Hall–Kier alpha value is -1.95. The van der Waals surface area contributed by atoms with Gasteiger partial charge in [-0.15, -0.1) is 0 Å². The monoisotopic (exact) mass is 332 g/mol. The van der Waals surface area contributed by atoms with Crippen molar-refractivity contribution in [2.45, 2.75) is 6.04 Å². The minimum absolute atomic E-state index is 0.0931. The molecule has 0 spiro atoms. The number of hydrogen-bond donors (Lipinski definition) is 1. The van der Waals surface area contributed by atoms with E-state index in [0.29, 0.717) is 5.56 Å². The number of aromatic nitrogens is 2. The summed E-state index contributed by atoms with van der Waals surface area (Å²) in [5.41, 5.74) is 0.565. The minimum atomic E-state index is -0.0931. The maximum absolute atomic E-state index is 12.0. The molecule has 0 unspecified atom stereocenters. The standard InChI is InChI=1S/C14H13BrN4O/c15-11-5-10(6-16-7-11)14(20)18-12-8-19(9-12)13-3-1-2-4-17-13/h1-7,12H,8-9H2,(H,18,20). The van der Waals surface area contributed by atoms with Gasteiger partial charge in [0.2, 0.25) is 0 Å².